The van der Waals surface area contributed by atoms with E-state index in [0.717, 1.165) is 19.5 Å². The molecule has 1 fully saturated rings. The Morgan fingerprint density at radius 1 is 1.45 bits per heavy atom. The summed E-state index contributed by atoms with van der Waals surface area (Å²) in [7, 11) is 0. The highest BCUT2D eigenvalue weighted by Gasteiger charge is 2.29. The monoisotopic (exact) mass is 157 g/mol. The summed E-state index contributed by atoms with van der Waals surface area (Å²) in [5.41, 5.74) is 0. The summed E-state index contributed by atoms with van der Waals surface area (Å²) < 4.78 is 0. The summed E-state index contributed by atoms with van der Waals surface area (Å²) in [6.07, 6.45) is 0.868. The van der Waals surface area contributed by atoms with E-state index in [2.05, 4.69) is 25.7 Å². The zero-order valence-electron chi connectivity index (χ0n) is 7.75. The summed E-state index contributed by atoms with van der Waals surface area (Å²) in [5.74, 6) is 0.434. The first kappa shape index (κ1) is 9.01. The second-order valence-corrected chi connectivity index (χ2v) is 3.58. The van der Waals surface area contributed by atoms with Crippen molar-refractivity contribution in [1.29, 1.82) is 0 Å². The van der Waals surface area contributed by atoms with Crippen LogP contribution in [0.25, 0.3) is 0 Å². The molecule has 0 aromatic carbocycles. The third-order valence-corrected chi connectivity index (χ3v) is 3.06. The first-order chi connectivity index (χ1) is 5.16. The normalized spacial score (nSPS) is 40.9. The van der Waals surface area contributed by atoms with Crippen LogP contribution in [0, 0.1) is 5.92 Å². The lowest BCUT2D eigenvalue weighted by atomic mass is 9.89. The molecule has 2 nitrogen and oxygen atoms in total. The van der Waals surface area contributed by atoms with Gasteiger partial charge in [-0.15, -0.1) is 0 Å². The zero-order chi connectivity index (χ0) is 8.43. The van der Waals surface area contributed by atoms with Crippen molar-refractivity contribution in [3.05, 3.63) is 0 Å². The largest absolute Gasteiger partial charge is 0.393 e. The van der Waals surface area contributed by atoms with Gasteiger partial charge in [-0.3, -0.25) is 0 Å². The Balaban J connectivity index is 2.52. The minimum absolute atomic E-state index is 0.0761. The molecule has 0 spiro atoms. The number of piperidine rings is 1. The van der Waals surface area contributed by atoms with Crippen LogP contribution >= 0.6 is 0 Å². The van der Waals surface area contributed by atoms with Gasteiger partial charge in [-0.2, -0.15) is 0 Å². The third-order valence-electron chi connectivity index (χ3n) is 3.06. The van der Waals surface area contributed by atoms with Crippen molar-refractivity contribution in [2.75, 3.05) is 13.1 Å². The molecular weight excluding hydrogens is 138 g/mol. The van der Waals surface area contributed by atoms with Crippen molar-refractivity contribution in [3.63, 3.8) is 0 Å². The standard InChI is InChI=1S/C9H19NO/c1-4-10-6-5-9(11)7(2)8(10)3/h7-9,11H,4-6H2,1-3H3/t7-,8+,9-/m0/s1. The van der Waals surface area contributed by atoms with Crippen LogP contribution in [0.5, 0.6) is 0 Å². The van der Waals surface area contributed by atoms with Crippen LogP contribution in [0.2, 0.25) is 0 Å². The highest BCUT2D eigenvalue weighted by atomic mass is 16.3. The van der Waals surface area contributed by atoms with Gasteiger partial charge < -0.3 is 10.0 Å². The molecule has 0 unspecified atom stereocenters. The molecule has 0 radical (unpaired) electrons. The van der Waals surface area contributed by atoms with E-state index in [-0.39, 0.29) is 6.10 Å². The summed E-state index contributed by atoms with van der Waals surface area (Å²) in [6, 6.07) is 0.545. The molecule has 66 valence electrons. The lowest BCUT2D eigenvalue weighted by molar-refractivity contribution is 0.000891. The Labute approximate surface area is 69.2 Å². The second-order valence-electron chi connectivity index (χ2n) is 3.58. The zero-order valence-corrected chi connectivity index (χ0v) is 7.75. The Morgan fingerprint density at radius 2 is 2.09 bits per heavy atom. The maximum atomic E-state index is 9.53. The van der Waals surface area contributed by atoms with Gasteiger partial charge >= 0.3 is 0 Å². The van der Waals surface area contributed by atoms with Crippen molar-refractivity contribution in [3.8, 4) is 0 Å². The summed E-state index contributed by atoms with van der Waals surface area (Å²) in [5, 5.41) is 9.53. The maximum absolute atomic E-state index is 9.53. The minimum Gasteiger partial charge on any atom is -0.393 e. The first-order valence-corrected chi connectivity index (χ1v) is 4.59. The van der Waals surface area contributed by atoms with E-state index in [1.54, 1.807) is 0 Å². The van der Waals surface area contributed by atoms with Crippen LogP contribution in [0.15, 0.2) is 0 Å². The lowest BCUT2D eigenvalue weighted by Crippen LogP contribution is -2.48. The molecule has 0 aromatic heterocycles. The number of aliphatic hydroxyl groups excluding tert-OH is 1. The van der Waals surface area contributed by atoms with Gasteiger partial charge in [0.05, 0.1) is 6.10 Å². The molecule has 11 heavy (non-hydrogen) atoms. The van der Waals surface area contributed by atoms with E-state index in [4.69, 9.17) is 0 Å². The predicted octanol–water partition coefficient (Wildman–Crippen LogP) is 1.10. The van der Waals surface area contributed by atoms with Gasteiger partial charge in [0, 0.05) is 12.6 Å². The van der Waals surface area contributed by atoms with Gasteiger partial charge in [0.15, 0.2) is 0 Å². The van der Waals surface area contributed by atoms with Gasteiger partial charge in [-0.25, -0.2) is 0 Å². The number of hydrogen-bond acceptors (Lipinski definition) is 2. The van der Waals surface area contributed by atoms with E-state index in [0.29, 0.717) is 12.0 Å². The Kier molecular flexibility index (Phi) is 2.90. The van der Waals surface area contributed by atoms with Crippen LogP contribution < -0.4 is 0 Å². The van der Waals surface area contributed by atoms with Crippen LogP contribution in [-0.2, 0) is 0 Å². The van der Waals surface area contributed by atoms with Crippen LogP contribution in [0.1, 0.15) is 27.2 Å². The average molecular weight is 157 g/mol. The Morgan fingerprint density at radius 3 is 2.64 bits per heavy atom. The van der Waals surface area contributed by atoms with Gasteiger partial charge in [0.1, 0.15) is 0 Å². The molecule has 0 saturated carbocycles. The highest BCUT2D eigenvalue weighted by Crippen LogP contribution is 2.22. The van der Waals surface area contributed by atoms with E-state index in [9.17, 15) is 5.11 Å². The molecule has 1 saturated heterocycles. The molecule has 0 bridgehead atoms. The minimum atomic E-state index is -0.0761. The molecule has 1 aliphatic rings. The van der Waals surface area contributed by atoms with Crippen molar-refractivity contribution in [2.45, 2.75) is 39.3 Å². The molecule has 0 aromatic rings. The lowest BCUT2D eigenvalue weighted by Gasteiger charge is -2.40. The maximum Gasteiger partial charge on any atom is 0.0592 e. The Bertz CT molecular complexity index is 125. The van der Waals surface area contributed by atoms with Crippen molar-refractivity contribution >= 4 is 0 Å². The van der Waals surface area contributed by atoms with E-state index in [1.165, 1.54) is 0 Å². The summed E-state index contributed by atoms with van der Waals surface area (Å²) >= 11 is 0. The predicted molar refractivity (Wildman–Crippen MR) is 46.5 cm³/mol. The molecule has 1 heterocycles. The van der Waals surface area contributed by atoms with Gasteiger partial charge in [-0.1, -0.05) is 13.8 Å². The number of aliphatic hydroxyl groups is 1. The van der Waals surface area contributed by atoms with Crippen LogP contribution in [-0.4, -0.2) is 35.2 Å². The van der Waals surface area contributed by atoms with E-state index >= 15 is 0 Å². The fourth-order valence-corrected chi connectivity index (χ4v) is 1.86. The molecule has 3 atom stereocenters. The number of rotatable bonds is 1. The summed E-state index contributed by atoms with van der Waals surface area (Å²) in [4.78, 5) is 2.43. The molecular formula is C9H19NO. The first-order valence-electron chi connectivity index (χ1n) is 4.59. The average Bonchev–Trinajstić information content (AvgIpc) is 2.01. The summed E-state index contributed by atoms with van der Waals surface area (Å²) in [6.45, 7) is 8.69. The van der Waals surface area contributed by atoms with E-state index in [1.807, 2.05) is 0 Å². The van der Waals surface area contributed by atoms with Crippen molar-refractivity contribution in [1.82, 2.24) is 4.90 Å². The molecule has 0 amide bonds. The van der Waals surface area contributed by atoms with Gasteiger partial charge in [0.2, 0.25) is 0 Å². The fraction of sp³-hybridized carbons (Fsp3) is 1.00. The second kappa shape index (κ2) is 3.55. The number of nitrogens with zero attached hydrogens (tertiary/aromatic N) is 1. The number of hydrogen-bond donors (Lipinski definition) is 1. The van der Waals surface area contributed by atoms with Crippen molar-refractivity contribution in [2.24, 2.45) is 5.92 Å². The van der Waals surface area contributed by atoms with E-state index < -0.39 is 0 Å². The van der Waals surface area contributed by atoms with Crippen molar-refractivity contribution < 1.29 is 5.11 Å². The molecule has 2 heteroatoms. The van der Waals surface area contributed by atoms with Gasteiger partial charge in [-0.05, 0) is 25.8 Å². The van der Waals surface area contributed by atoms with Gasteiger partial charge in [0.25, 0.3) is 0 Å². The molecule has 1 aliphatic heterocycles. The SMILES string of the molecule is CCN1CC[C@H](O)[C@@H](C)[C@H]1C. The quantitative estimate of drug-likeness (QED) is 0.616. The Hall–Kier alpha value is -0.0800. The topological polar surface area (TPSA) is 23.5 Å². The smallest absolute Gasteiger partial charge is 0.0592 e. The fourth-order valence-electron chi connectivity index (χ4n) is 1.86. The molecule has 1 N–H and O–H groups in total. The van der Waals surface area contributed by atoms with Crippen LogP contribution in [0.3, 0.4) is 0 Å². The third kappa shape index (κ3) is 1.74. The number of likely N-dealkylation sites (tertiary alicyclic amines) is 1. The molecule has 0 aliphatic carbocycles. The van der Waals surface area contributed by atoms with Crippen LogP contribution in [0.4, 0.5) is 0 Å². The highest BCUT2D eigenvalue weighted by molar-refractivity contribution is 4.83. The molecule has 1 rings (SSSR count).